The topological polar surface area (TPSA) is 54.1 Å². The molecule has 4 rings (SSSR count). The Bertz CT molecular complexity index is 1270. The third-order valence-electron chi connectivity index (χ3n) is 5.56. The highest BCUT2D eigenvalue weighted by Gasteiger charge is 2.18. The molecule has 0 spiro atoms. The Labute approximate surface area is 183 Å². The van der Waals surface area contributed by atoms with Gasteiger partial charge in [0.15, 0.2) is 0 Å². The van der Waals surface area contributed by atoms with Crippen LogP contribution in [0.1, 0.15) is 38.9 Å². The Hall–Kier alpha value is -3.66. The zero-order chi connectivity index (χ0) is 22.0. The van der Waals surface area contributed by atoms with E-state index in [9.17, 15) is 4.79 Å². The maximum Gasteiger partial charge on any atom is 0.204 e. The first-order valence-electron chi connectivity index (χ1n) is 10.4. The van der Waals surface area contributed by atoms with E-state index >= 15 is 0 Å². The van der Waals surface area contributed by atoms with Gasteiger partial charge in [-0.15, -0.1) is 0 Å². The van der Waals surface area contributed by atoms with Gasteiger partial charge in [0.1, 0.15) is 5.71 Å². The average molecular weight is 408 g/mol. The number of rotatable bonds is 4. The van der Waals surface area contributed by atoms with Crippen LogP contribution in [0.4, 0.5) is 11.4 Å². The van der Waals surface area contributed by atoms with Crippen LogP contribution in [0.3, 0.4) is 0 Å². The monoisotopic (exact) mass is 407 g/mol. The highest BCUT2D eigenvalue weighted by Crippen LogP contribution is 2.28. The van der Waals surface area contributed by atoms with Crippen molar-refractivity contribution in [3.05, 3.63) is 99.6 Å². The first kappa shape index (κ1) is 20.6. The Morgan fingerprint density at radius 2 is 1.48 bits per heavy atom. The molecule has 1 aliphatic rings. The molecular formula is C27H25N3O. The number of hydrogen-bond donors (Lipinski definition) is 0. The lowest BCUT2D eigenvalue weighted by atomic mass is 9.94. The second-order valence-electron chi connectivity index (χ2n) is 8.00. The number of fused-ring (bicyclic) bond motifs is 1. The number of allylic oxidation sites excluding steroid dienone is 1. The summed E-state index contributed by atoms with van der Waals surface area (Å²) >= 11 is 0. The highest BCUT2D eigenvalue weighted by atomic mass is 16.1. The van der Waals surface area contributed by atoms with Crippen LogP contribution in [0.15, 0.2) is 75.9 Å². The molecular weight excluding hydrogens is 382 g/mol. The van der Waals surface area contributed by atoms with E-state index in [-0.39, 0.29) is 5.78 Å². The lowest BCUT2D eigenvalue weighted by Gasteiger charge is -2.13. The minimum atomic E-state index is -0.0491. The van der Waals surface area contributed by atoms with Gasteiger partial charge in [0.2, 0.25) is 5.78 Å². The number of carbonyl (C=O) groups excluding carboxylic acids is 1. The number of nitrogens with zero attached hydrogens (tertiary/aromatic N) is 3. The standard InChI is InChI=1S/C27H25N3O/c1-17-9-10-18(2)24(13-17)29-30-25-15-19(3)22(14-20(25)4)16-28-27-23-8-6-5-7-21(23)11-12-26(27)31/h5-15H,16H2,1-4H3. The first-order chi connectivity index (χ1) is 14.9. The van der Waals surface area contributed by atoms with Gasteiger partial charge in [0, 0.05) is 5.56 Å². The van der Waals surface area contributed by atoms with E-state index in [1.54, 1.807) is 6.08 Å². The molecule has 0 saturated carbocycles. The molecule has 0 N–H and O–H groups in total. The maximum absolute atomic E-state index is 12.4. The van der Waals surface area contributed by atoms with Gasteiger partial charge >= 0.3 is 0 Å². The predicted molar refractivity (Wildman–Crippen MR) is 127 cm³/mol. The van der Waals surface area contributed by atoms with Crippen molar-refractivity contribution in [2.75, 3.05) is 0 Å². The highest BCUT2D eigenvalue weighted by molar-refractivity contribution is 6.52. The Morgan fingerprint density at radius 1 is 0.742 bits per heavy atom. The smallest absolute Gasteiger partial charge is 0.204 e. The van der Waals surface area contributed by atoms with Gasteiger partial charge in [-0.25, -0.2) is 0 Å². The molecule has 3 aromatic carbocycles. The number of ketones is 1. The fourth-order valence-electron chi connectivity index (χ4n) is 3.64. The molecule has 0 atom stereocenters. The van der Waals surface area contributed by atoms with E-state index in [1.807, 2.05) is 63.2 Å². The molecule has 3 aromatic rings. The molecule has 0 bridgehead atoms. The second kappa shape index (κ2) is 8.60. The second-order valence-corrected chi connectivity index (χ2v) is 8.00. The van der Waals surface area contributed by atoms with Crippen molar-refractivity contribution in [1.82, 2.24) is 0 Å². The Morgan fingerprint density at radius 3 is 2.29 bits per heavy atom. The molecule has 1 aliphatic carbocycles. The molecule has 0 aromatic heterocycles. The first-order valence-corrected chi connectivity index (χ1v) is 10.4. The van der Waals surface area contributed by atoms with Crippen molar-refractivity contribution in [3.63, 3.8) is 0 Å². The van der Waals surface area contributed by atoms with Gasteiger partial charge in [-0.05, 0) is 79.3 Å². The number of hydrogen-bond acceptors (Lipinski definition) is 4. The summed E-state index contributed by atoms with van der Waals surface area (Å²) in [6, 6.07) is 18.2. The lowest BCUT2D eigenvalue weighted by Crippen LogP contribution is -2.18. The Balaban J connectivity index is 1.60. The van der Waals surface area contributed by atoms with Crippen LogP contribution < -0.4 is 0 Å². The SMILES string of the molecule is Cc1ccc(C)c(N=Nc2cc(C)c(CN=C3C(=O)C=Cc4ccccc43)cc2C)c1. The van der Waals surface area contributed by atoms with Gasteiger partial charge in [0.25, 0.3) is 0 Å². The largest absolute Gasteiger partial charge is 0.288 e. The predicted octanol–water partition coefficient (Wildman–Crippen LogP) is 6.92. The van der Waals surface area contributed by atoms with Crippen LogP contribution in [-0.2, 0) is 11.3 Å². The summed E-state index contributed by atoms with van der Waals surface area (Å²) in [4.78, 5) is 17.1. The molecule has 0 fully saturated rings. The summed E-state index contributed by atoms with van der Waals surface area (Å²) in [7, 11) is 0. The van der Waals surface area contributed by atoms with Crippen molar-refractivity contribution in [3.8, 4) is 0 Å². The quantitative estimate of drug-likeness (QED) is 0.433. The normalized spacial score (nSPS) is 14.5. The number of aryl methyl sites for hydroxylation is 4. The molecule has 0 radical (unpaired) electrons. The zero-order valence-corrected chi connectivity index (χ0v) is 18.3. The minimum Gasteiger partial charge on any atom is -0.288 e. The summed E-state index contributed by atoms with van der Waals surface area (Å²) < 4.78 is 0. The summed E-state index contributed by atoms with van der Waals surface area (Å²) in [6.07, 6.45) is 3.44. The summed E-state index contributed by atoms with van der Waals surface area (Å²) in [5.74, 6) is -0.0491. The fraction of sp³-hybridized carbons (Fsp3) is 0.185. The van der Waals surface area contributed by atoms with Gasteiger partial charge in [-0.2, -0.15) is 10.2 Å². The molecule has 154 valence electrons. The van der Waals surface area contributed by atoms with E-state index in [2.05, 4.69) is 40.3 Å². The molecule has 0 aliphatic heterocycles. The number of benzene rings is 3. The van der Waals surface area contributed by atoms with E-state index in [0.29, 0.717) is 12.3 Å². The molecule has 0 unspecified atom stereocenters. The Kier molecular flexibility index (Phi) is 5.72. The lowest BCUT2D eigenvalue weighted by molar-refractivity contribution is -0.108. The summed E-state index contributed by atoms with van der Waals surface area (Å²) in [5.41, 5.74) is 9.62. The third-order valence-corrected chi connectivity index (χ3v) is 5.56. The maximum atomic E-state index is 12.4. The van der Waals surface area contributed by atoms with Crippen LogP contribution in [0.2, 0.25) is 0 Å². The molecule has 31 heavy (non-hydrogen) atoms. The van der Waals surface area contributed by atoms with Crippen molar-refractivity contribution < 1.29 is 4.79 Å². The van der Waals surface area contributed by atoms with Crippen LogP contribution in [0.5, 0.6) is 0 Å². The van der Waals surface area contributed by atoms with Crippen LogP contribution in [-0.4, -0.2) is 11.5 Å². The average Bonchev–Trinajstić information content (AvgIpc) is 2.76. The molecule has 0 amide bonds. The van der Waals surface area contributed by atoms with Crippen molar-refractivity contribution in [2.45, 2.75) is 34.2 Å². The third kappa shape index (κ3) is 4.43. The van der Waals surface area contributed by atoms with Crippen molar-refractivity contribution >= 4 is 28.9 Å². The van der Waals surface area contributed by atoms with E-state index in [0.717, 1.165) is 50.3 Å². The van der Waals surface area contributed by atoms with E-state index < -0.39 is 0 Å². The van der Waals surface area contributed by atoms with Crippen LogP contribution in [0, 0.1) is 27.7 Å². The molecule has 0 heterocycles. The number of aliphatic imine (C=N–C) groups is 1. The number of carbonyl (C=O) groups is 1. The molecule has 0 saturated heterocycles. The summed E-state index contributed by atoms with van der Waals surface area (Å²) in [6.45, 7) is 8.60. The molecule has 4 nitrogen and oxygen atoms in total. The summed E-state index contributed by atoms with van der Waals surface area (Å²) in [5, 5.41) is 8.97. The van der Waals surface area contributed by atoms with Crippen molar-refractivity contribution in [2.24, 2.45) is 15.2 Å². The van der Waals surface area contributed by atoms with Gasteiger partial charge in [-0.1, -0.05) is 48.5 Å². The van der Waals surface area contributed by atoms with E-state index in [1.165, 1.54) is 0 Å². The molecule has 4 heteroatoms. The fourth-order valence-corrected chi connectivity index (χ4v) is 3.64. The van der Waals surface area contributed by atoms with Crippen LogP contribution in [0.25, 0.3) is 6.08 Å². The van der Waals surface area contributed by atoms with Crippen molar-refractivity contribution in [1.29, 1.82) is 0 Å². The van der Waals surface area contributed by atoms with Gasteiger partial charge < -0.3 is 0 Å². The zero-order valence-electron chi connectivity index (χ0n) is 18.3. The minimum absolute atomic E-state index is 0.0491. The van der Waals surface area contributed by atoms with Crippen LogP contribution >= 0.6 is 0 Å². The van der Waals surface area contributed by atoms with Gasteiger partial charge in [-0.3, -0.25) is 9.79 Å². The number of azo groups is 1. The van der Waals surface area contributed by atoms with E-state index in [4.69, 9.17) is 0 Å². The van der Waals surface area contributed by atoms with Gasteiger partial charge in [0.05, 0.1) is 17.9 Å².